The second kappa shape index (κ2) is 13.6. The number of rotatable bonds is 9. The number of hydrogen-bond donors (Lipinski definition) is 2. The smallest absolute Gasteiger partial charge is 0.191 e. The fourth-order valence-corrected chi connectivity index (χ4v) is 2.46. The molecule has 0 atom stereocenters. The van der Waals surface area contributed by atoms with Gasteiger partial charge in [-0.1, -0.05) is 35.9 Å². The summed E-state index contributed by atoms with van der Waals surface area (Å²) in [7, 11) is 3.43. The van der Waals surface area contributed by atoms with Gasteiger partial charge in [0.1, 0.15) is 12.4 Å². The van der Waals surface area contributed by atoms with E-state index in [9.17, 15) is 0 Å². The number of aliphatic imine (C=N–C) groups is 1. The Morgan fingerprint density at radius 3 is 2.26 bits per heavy atom. The van der Waals surface area contributed by atoms with Gasteiger partial charge in [0.2, 0.25) is 0 Å². The highest BCUT2D eigenvalue weighted by atomic mass is 127. The van der Waals surface area contributed by atoms with Crippen LogP contribution in [0.4, 0.5) is 0 Å². The minimum absolute atomic E-state index is 0. The molecule has 0 aromatic heterocycles. The summed E-state index contributed by atoms with van der Waals surface area (Å²) in [6.07, 6.45) is 0.908. The number of nitrogens with zero attached hydrogens (tertiary/aromatic N) is 1. The van der Waals surface area contributed by atoms with E-state index in [1.807, 2.05) is 48.5 Å². The zero-order valence-electron chi connectivity index (χ0n) is 15.7. The molecular formula is C20H27ClIN3O2. The average molecular weight is 504 g/mol. The zero-order valence-corrected chi connectivity index (χ0v) is 18.8. The van der Waals surface area contributed by atoms with Crippen molar-refractivity contribution in [2.75, 3.05) is 33.9 Å². The third-order valence-electron chi connectivity index (χ3n) is 3.78. The maximum absolute atomic E-state index is 5.90. The Balaban J connectivity index is 0.00000364. The number of halogens is 2. The molecule has 0 radical (unpaired) electrons. The number of benzene rings is 2. The Hall–Kier alpha value is -1.51. The summed E-state index contributed by atoms with van der Waals surface area (Å²) >= 11 is 5.90. The van der Waals surface area contributed by atoms with Gasteiger partial charge in [-0.15, -0.1) is 24.0 Å². The number of methoxy groups -OCH3 is 1. The molecule has 7 heteroatoms. The summed E-state index contributed by atoms with van der Waals surface area (Å²) < 4.78 is 10.5. The quantitative estimate of drug-likeness (QED) is 0.236. The summed E-state index contributed by atoms with van der Waals surface area (Å²) in [6.45, 7) is 2.63. The molecule has 0 fully saturated rings. The lowest BCUT2D eigenvalue weighted by molar-refractivity contribution is 0.146. The van der Waals surface area contributed by atoms with Crippen molar-refractivity contribution in [1.29, 1.82) is 0 Å². The highest BCUT2D eigenvalue weighted by Crippen LogP contribution is 2.12. The first-order valence-electron chi connectivity index (χ1n) is 8.61. The van der Waals surface area contributed by atoms with Crippen LogP contribution in [0.5, 0.6) is 5.75 Å². The van der Waals surface area contributed by atoms with Crippen LogP contribution in [0.1, 0.15) is 11.1 Å². The highest BCUT2D eigenvalue weighted by Gasteiger charge is 2.00. The SMILES string of the molecule is CN=C(NCCc1ccc(Cl)cc1)NCc1ccc(OCCOC)cc1.I. The van der Waals surface area contributed by atoms with Gasteiger partial charge < -0.3 is 20.1 Å². The zero-order chi connectivity index (χ0) is 18.6. The molecule has 0 saturated carbocycles. The molecule has 2 rings (SSSR count). The van der Waals surface area contributed by atoms with Gasteiger partial charge in [-0.3, -0.25) is 4.99 Å². The van der Waals surface area contributed by atoms with Crippen molar-refractivity contribution >= 4 is 41.5 Å². The van der Waals surface area contributed by atoms with Crippen molar-refractivity contribution in [2.24, 2.45) is 4.99 Å². The van der Waals surface area contributed by atoms with E-state index in [0.29, 0.717) is 19.8 Å². The topological polar surface area (TPSA) is 54.9 Å². The molecule has 2 aromatic rings. The first-order valence-corrected chi connectivity index (χ1v) is 8.98. The Bertz CT molecular complexity index is 679. The minimum atomic E-state index is 0. The van der Waals surface area contributed by atoms with E-state index in [1.54, 1.807) is 14.2 Å². The van der Waals surface area contributed by atoms with Crippen LogP contribution >= 0.6 is 35.6 Å². The van der Waals surface area contributed by atoms with Crippen molar-refractivity contribution in [3.63, 3.8) is 0 Å². The summed E-state index contributed by atoms with van der Waals surface area (Å²) in [5, 5.41) is 7.38. The van der Waals surface area contributed by atoms with Gasteiger partial charge in [0.15, 0.2) is 5.96 Å². The monoisotopic (exact) mass is 503 g/mol. The van der Waals surface area contributed by atoms with Crippen molar-refractivity contribution in [3.8, 4) is 5.75 Å². The van der Waals surface area contributed by atoms with E-state index in [0.717, 1.165) is 35.3 Å². The van der Waals surface area contributed by atoms with Crippen LogP contribution in [0.25, 0.3) is 0 Å². The van der Waals surface area contributed by atoms with Crippen LogP contribution in [-0.2, 0) is 17.7 Å². The lowest BCUT2D eigenvalue weighted by Crippen LogP contribution is -2.37. The predicted molar refractivity (Wildman–Crippen MR) is 123 cm³/mol. The van der Waals surface area contributed by atoms with Crippen LogP contribution in [0, 0.1) is 0 Å². The third kappa shape index (κ3) is 9.30. The van der Waals surface area contributed by atoms with E-state index in [2.05, 4.69) is 15.6 Å². The Morgan fingerprint density at radius 2 is 1.63 bits per heavy atom. The van der Waals surface area contributed by atoms with E-state index in [1.165, 1.54) is 5.56 Å². The summed E-state index contributed by atoms with van der Waals surface area (Å²) in [4.78, 5) is 4.25. The number of ether oxygens (including phenoxy) is 2. The molecule has 0 aliphatic carbocycles. The van der Waals surface area contributed by atoms with Gasteiger partial charge in [-0.2, -0.15) is 0 Å². The molecule has 0 bridgehead atoms. The van der Waals surface area contributed by atoms with Crippen LogP contribution in [0.3, 0.4) is 0 Å². The van der Waals surface area contributed by atoms with E-state index in [4.69, 9.17) is 21.1 Å². The van der Waals surface area contributed by atoms with Crippen molar-refractivity contribution < 1.29 is 9.47 Å². The van der Waals surface area contributed by atoms with E-state index in [-0.39, 0.29) is 24.0 Å². The fourth-order valence-electron chi connectivity index (χ4n) is 2.33. The molecule has 0 unspecified atom stereocenters. The lowest BCUT2D eigenvalue weighted by atomic mass is 10.1. The molecule has 0 aliphatic heterocycles. The van der Waals surface area contributed by atoms with Gasteiger partial charge in [-0.05, 0) is 41.8 Å². The second-order valence-corrected chi connectivity index (χ2v) is 6.15. The molecule has 0 amide bonds. The summed E-state index contributed by atoms with van der Waals surface area (Å²) in [5.74, 6) is 1.62. The highest BCUT2D eigenvalue weighted by molar-refractivity contribution is 14.0. The van der Waals surface area contributed by atoms with Gasteiger partial charge in [-0.25, -0.2) is 0 Å². The normalized spacial score (nSPS) is 10.9. The van der Waals surface area contributed by atoms with Crippen LogP contribution in [0.2, 0.25) is 5.02 Å². The van der Waals surface area contributed by atoms with Crippen molar-refractivity contribution in [3.05, 3.63) is 64.7 Å². The molecule has 2 aromatic carbocycles. The van der Waals surface area contributed by atoms with Crippen LogP contribution < -0.4 is 15.4 Å². The van der Waals surface area contributed by atoms with Crippen LogP contribution in [-0.4, -0.2) is 39.9 Å². The molecule has 5 nitrogen and oxygen atoms in total. The average Bonchev–Trinajstić information content (AvgIpc) is 2.67. The summed E-state index contributed by atoms with van der Waals surface area (Å²) in [5.41, 5.74) is 2.39. The lowest BCUT2D eigenvalue weighted by Gasteiger charge is -2.12. The van der Waals surface area contributed by atoms with Crippen molar-refractivity contribution in [2.45, 2.75) is 13.0 Å². The molecule has 27 heavy (non-hydrogen) atoms. The first-order chi connectivity index (χ1) is 12.7. The maximum atomic E-state index is 5.90. The fraction of sp³-hybridized carbons (Fsp3) is 0.350. The number of nitrogens with one attached hydrogen (secondary N) is 2. The Kier molecular flexibility index (Phi) is 11.9. The van der Waals surface area contributed by atoms with Gasteiger partial charge in [0.25, 0.3) is 0 Å². The molecule has 0 saturated heterocycles. The number of hydrogen-bond acceptors (Lipinski definition) is 3. The predicted octanol–water partition coefficient (Wildman–Crippen LogP) is 3.89. The minimum Gasteiger partial charge on any atom is -0.491 e. The molecule has 0 spiro atoms. The van der Waals surface area contributed by atoms with E-state index >= 15 is 0 Å². The molecule has 2 N–H and O–H groups in total. The molecule has 0 aliphatic rings. The molecule has 148 valence electrons. The largest absolute Gasteiger partial charge is 0.491 e. The third-order valence-corrected chi connectivity index (χ3v) is 4.03. The molecule has 0 heterocycles. The molecular weight excluding hydrogens is 477 g/mol. The van der Waals surface area contributed by atoms with Crippen LogP contribution in [0.15, 0.2) is 53.5 Å². The Morgan fingerprint density at radius 1 is 0.963 bits per heavy atom. The van der Waals surface area contributed by atoms with E-state index < -0.39 is 0 Å². The van der Waals surface area contributed by atoms with Gasteiger partial charge in [0.05, 0.1) is 6.61 Å². The first kappa shape index (κ1) is 23.5. The van der Waals surface area contributed by atoms with Gasteiger partial charge in [0, 0.05) is 32.3 Å². The Labute approximate surface area is 183 Å². The number of guanidine groups is 1. The van der Waals surface area contributed by atoms with Gasteiger partial charge >= 0.3 is 0 Å². The second-order valence-electron chi connectivity index (χ2n) is 5.71. The maximum Gasteiger partial charge on any atom is 0.191 e. The standard InChI is InChI=1S/C20H26ClN3O2.HI/c1-22-20(23-12-11-16-3-7-18(21)8-4-16)24-15-17-5-9-19(10-6-17)26-14-13-25-2;/h3-10H,11-15H2,1-2H3,(H2,22,23,24);1H. The summed E-state index contributed by atoms with van der Waals surface area (Å²) in [6, 6.07) is 15.9. The van der Waals surface area contributed by atoms with Crippen molar-refractivity contribution in [1.82, 2.24) is 10.6 Å².